The van der Waals surface area contributed by atoms with Gasteiger partial charge >= 0.3 is 18.2 Å². The van der Waals surface area contributed by atoms with Crippen molar-refractivity contribution in [1.82, 2.24) is 25.5 Å². The fourth-order valence-corrected chi connectivity index (χ4v) is 3.47. The lowest BCUT2D eigenvalue weighted by atomic mass is 9.97. The summed E-state index contributed by atoms with van der Waals surface area (Å²) >= 11 is 0. The molecule has 1 aliphatic rings. The van der Waals surface area contributed by atoms with E-state index in [1.54, 1.807) is 6.92 Å². The van der Waals surface area contributed by atoms with Gasteiger partial charge in [-0.15, -0.1) is 0 Å². The molecule has 34 heavy (non-hydrogen) atoms. The third-order valence-electron chi connectivity index (χ3n) is 5.25. The maximum Gasteiger partial charge on any atom is 0.422 e. The van der Waals surface area contributed by atoms with E-state index in [1.165, 1.54) is 11.8 Å². The Kier molecular flexibility index (Phi) is 7.52. The highest BCUT2D eigenvalue weighted by Gasteiger charge is 2.33. The van der Waals surface area contributed by atoms with Crippen molar-refractivity contribution in [3.63, 3.8) is 0 Å². The number of urea groups is 1. The Hall–Kier alpha value is -3.51. The van der Waals surface area contributed by atoms with Gasteiger partial charge in [0.2, 0.25) is 5.91 Å². The molecule has 184 valence electrons. The summed E-state index contributed by atoms with van der Waals surface area (Å²) in [6.07, 6.45) is -2.41. The molecular weight excluding hydrogens is 465 g/mol. The normalized spacial score (nSPS) is 17.2. The Morgan fingerprint density at radius 3 is 2.59 bits per heavy atom. The number of ether oxygens (including phenoxy) is 1. The number of hydrogen-bond acceptors (Lipinski definition) is 5. The van der Waals surface area contributed by atoms with E-state index in [4.69, 9.17) is 0 Å². The van der Waals surface area contributed by atoms with Crippen LogP contribution in [0, 0.1) is 11.6 Å². The molecule has 2 aromatic rings. The van der Waals surface area contributed by atoms with E-state index >= 15 is 4.39 Å². The van der Waals surface area contributed by atoms with Crippen molar-refractivity contribution < 1.29 is 36.3 Å². The Labute approximate surface area is 191 Å². The van der Waals surface area contributed by atoms with Crippen LogP contribution in [0.1, 0.15) is 36.6 Å². The quantitative estimate of drug-likeness (QED) is 0.611. The summed E-state index contributed by atoms with van der Waals surface area (Å²) < 4.78 is 70.8. The molecule has 2 unspecified atom stereocenters. The highest BCUT2D eigenvalue weighted by molar-refractivity contribution is 5.88. The lowest BCUT2D eigenvalue weighted by Crippen LogP contribution is -2.58. The summed E-state index contributed by atoms with van der Waals surface area (Å²) in [4.78, 5) is 33.6. The Morgan fingerprint density at radius 1 is 1.29 bits per heavy atom. The highest BCUT2D eigenvalue weighted by Crippen LogP contribution is 2.28. The molecule has 0 radical (unpaired) electrons. The fraction of sp³-hybridized carbons (Fsp3) is 0.429. The van der Waals surface area contributed by atoms with Crippen LogP contribution in [0.5, 0.6) is 6.01 Å². The molecule has 0 aliphatic carbocycles. The Morgan fingerprint density at radius 2 is 1.97 bits per heavy atom. The standard InChI is InChI=1S/C21H22F5N5O3/c1-3-13-15(22)5-4-14(16(13)23)17(30-20(33)31-7-6-27-18(32)11(31)2)12-8-28-19(29-9-12)34-10-21(24,25)26/h4-5,8-9,11,17H,3,6-7,10H2,1-2H3,(H,27,32)(H,30,33). The second-order valence-corrected chi connectivity index (χ2v) is 7.53. The zero-order valence-electron chi connectivity index (χ0n) is 18.2. The van der Waals surface area contributed by atoms with Gasteiger partial charge in [-0.3, -0.25) is 4.79 Å². The molecule has 13 heteroatoms. The van der Waals surface area contributed by atoms with Gasteiger partial charge in [-0.05, 0) is 19.4 Å². The average Bonchev–Trinajstić information content (AvgIpc) is 2.78. The highest BCUT2D eigenvalue weighted by atomic mass is 19.4. The molecule has 8 nitrogen and oxygen atoms in total. The van der Waals surface area contributed by atoms with Crippen molar-refractivity contribution in [2.75, 3.05) is 19.7 Å². The van der Waals surface area contributed by atoms with Gasteiger partial charge in [-0.1, -0.05) is 13.0 Å². The zero-order valence-corrected chi connectivity index (χ0v) is 18.2. The SMILES string of the molecule is CCc1c(F)ccc(C(NC(=O)N2CCNC(=O)C2C)c2cnc(OCC(F)(F)F)nc2)c1F. The van der Waals surface area contributed by atoms with Crippen LogP contribution in [0.15, 0.2) is 24.5 Å². The van der Waals surface area contributed by atoms with Crippen LogP contribution in [-0.2, 0) is 11.2 Å². The summed E-state index contributed by atoms with van der Waals surface area (Å²) in [5.41, 5.74) is -0.198. The summed E-state index contributed by atoms with van der Waals surface area (Å²) in [5, 5.41) is 5.22. The van der Waals surface area contributed by atoms with E-state index in [-0.39, 0.29) is 42.1 Å². The van der Waals surface area contributed by atoms with E-state index in [1.807, 2.05) is 0 Å². The van der Waals surface area contributed by atoms with Gasteiger partial charge in [-0.2, -0.15) is 13.2 Å². The number of hydrogen-bond donors (Lipinski definition) is 2. The number of nitrogens with zero attached hydrogens (tertiary/aromatic N) is 3. The van der Waals surface area contributed by atoms with Crippen LogP contribution < -0.4 is 15.4 Å². The third kappa shape index (κ3) is 5.69. The predicted molar refractivity (Wildman–Crippen MR) is 109 cm³/mol. The molecule has 3 rings (SSSR count). The second-order valence-electron chi connectivity index (χ2n) is 7.53. The van der Waals surface area contributed by atoms with Gasteiger partial charge in [0.1, 0.15) is 17.7 Å². The van der Waals surface area contributed by atoms with E-state index < -0.39 is 48.5 Å². The van der Waals surface area contributed by atoms with Crippen molar-refractivity contribution in [2.45, 2.75) is 38.5 Å². The Bertz CT molecular complexity index is 1050. The van der Waals surface area contributed by atoms with Crippen molar-refractivity contribution in [3.8, 4) is 6.01 Å². The second kappa shape index (κ2) is 10.2. The molecule has 2 N–H and O–H groups in total. The van der Waals surface area contributed by atoms with Gasteiger partial charge in [0.25, 0.3) is 0 Å². The number of piperazine rings is 1. The number of benzene rings is 1. The maximum atomic E-state index is 15.2. The van der Waals surface area contributed by atoms with Crippen molar-refractivity contribution in [3.05, 3.63) is 52.9 Å². The Balaban J connectivity index is 1.94. The minimum atomic E-state index is -4.59. The molecule has 1 saturated heterocycles. The topological polar surface area (TPSA) is 96.5 Å². The molecule has 1 aromatic heterocycles. The van der Waals surface area contributed by atoms with E-state index in [2.05, 4.69) is 25.3 Å². The number of nitrogens with one attached hydrogen (secondary N) is 2. The number of halogens is 5. The minimum absolute atomic E-state index is 0.0379. The first-order chi connectivity index (χ1) is 16.0. The molecule has 1 aromatic carbocycles. The zero-order chi connectivity index (χ0) is 25.0. The monoisotopic (exact) mass is 487 g/mol. The van der Waals surface area contributed by atoms with Crippen LogP contribution in [0.3, 0.4) is 0 Å². The van der Waals surface area contributed by atoms with Gasteiger partial charge < -0.3 is 20.3 Å². The fourth-order valence-electron chi connectivity index (χ4n) is 3.47. The van der Waals surface area contributed by atoms with Crippen LogP contribution in [0.4, 0.5) is 26.7 Å². The molecule has 1 aliphatic heterocycles. The van der Waals surface area contributed by atoms with Crippen LogP contribution >= 0.6 is 0 Å². The van der Waals surface area contributed by atoms with Crippen LogP contribution in [0.25, 0.3) is 0 Å². The summed E-state index contributed by atoms with van der Waals surface area (Å²) in [6, 6.07) is -1.10. The maximum absolute atomic E-state index is 15.2. The van der Waals surface area contributed by atoms with E-state index in [9.17, 15) is 27.2 Å². The molecule has 1 fully saturated rings. The first-order valence-corrected chi connectivity index (χ1v) is 10.3. The number of alkyl halides is 3. The molecule has 0 spiro atoms. The summed E-state index contributed by atoms with van der Waals surface area (Å²) in [6.45, 7) is 1.89. The number of rotatable bonds is 6. The van der Waals surface area contributed by atoms with E-state index in [0.717, 1.165) is 24.5 Å². The van der Waals surface area contributed by atoms with Crippen molar-refractivity contribution in [1.29, 1.82) is 0 Å². The molecule has 2 heterocycles. The third-order valence-corrected chi connectivity index (χ3v) is 5.25. The first-order valence-electron chi connectivity index (χ1n) is 10.3. The van der Waals surface area contributed by atoms with Gasteiger partial charge in [0.15, 0.2) is 6.61 Å². The smallest absolute Gasteiger partial charge is 0.422 e. The minimum Gasteiger partial charge on any atom is -0.454 e. The number of aromatic nitrogens is 2. The first kappa shape index (κ1) is 25.1. The van der Waals surface area contributed by atoms with Gasteiger partial charge in [-0.25, -0.2) is 23.5 Å². The summed E-state index contributed by atoms with van der Waals surface area (Å²) in [5.74, 6) is -2.02. The lowest BCUT2D eigenvalue weighted by molar-refractivity contribution is -0.154. The summed E-state index contributed by atoms with van der Waals surface area (Å²) in [7, 11) is 0. The van der Waals surface area contributed by atoms with Crippen LogP contribution in [-0.4, -0.2) is 58.7 Å². The molecular formula is C21H22F5N5O3. The lowest BCUT2D eigenvalue weighted by Gasteiger charge is -2.34. The number of carbonyl (C=O) groups excluding carboxylic acids is 2. The largest absolute Gasteiger partial charge is 0.454 e. The molecule has 2 atom stereocenters. The van der Waals surface area contributed by atoms with E-state index in [0.29, 0.717) is 0 Å². The van der Waals surface area contributed by atoms with Crippen molar-refractivity contribution >= 4 is 11.9 Å². The van der Waals surface area contributed by atoms with Crippen LogP contribution in [0.2, 0.25) is 0 Å². The number of carbonyl (C=O) groups is 2. The van der Waals surface area contributed by atoms with Gasteiger partial charge in [0.05, 0.1) is 6.04 Å². The molecule has 0 saturated carbocycles. The number of amides is 3. The van der Waals surface area contributed by atoms with Gasteiger partial charge in [0, 0.05) is 42.2 Å². The van der Waals surface area contributed by atoms with Crippen molar-refractivity contribution in [2.24, 2.45) is 0 Å². The predicted octanol–water partition coefficient (Wildman–Crippen LogP) is 2.88. The molecule has 3 amide bonds. The molecule has 0 bridgehead atoms. The average molecular weight is 487 g/mol.